The van der Waals surface area contributed by atoms with Crippen molar-refractivity contribution >= 4 is 5.78 Å². The van der Waals surface area contributed by atoms with Crippen LogP contribution < -0.4 is 5.73 Å². The van der Waals surface area contributed by atoms with Crippen LogP contribution in [0.3, 0.4) is 0 Å². The zero-order valence-corrected chi connectivity index (χ0v) is 6.34. The molecule has 1 heterocycles. The number of hydrogen-bond donors (Lipinski definition) is 1. The van der Waals surface area contributed by atoms with Gasteiger partial charge >= 0.3 is 0 Å². The lowest BCUT2D eigenvalue weighted by molar-refractivity contribution is -0.121. The Morgan fingerprint density at radius 3 is 2.90 bits per heavy atom. The first-order chi connectivity index (χ1) is 4.75. The quantitative estimate of drug-likeness (QED) is 0.571. The monoisotopic (exact) mass is 142 g/mol. The SMILES string of the molecule is CN1CCCC1C(=O)CN. The predicted octanol–water partition coefficient (Wildman–Crippen LogP) is -0.392. The van der Waals surface area contributed by atoms with Crippen LogP contribution in [0, 0.1) is 0 Å². The van der Waals surface area contributed by atoms with Crippen molar-refractivity contribution in [1.29, 1.82) is 0 Å². The second-order valence-electron chi connectivity index (χ2n) is 2.81. The molecule has 3 nitrogen and oxygen atoms in total. The van der Waals surface area contributed by atoms with Crippen LogP contribution >= 0.6 is 0 Å². The molecule has 0 aliphatic carbocycles. The molecule has 1 fully saturated rings. The molecule has 0 amide bonds. The molecule has 0 aromatic heterocycles. The lowest BCUT2D eigenvalue weighted by Crippen LogP contribution is -2.36. The van der Waals surface area contributed by atoms with Crippen LogP contribution in [-0.2, 0) is 4.79 Å². The number of ketones is 1. The van der Waals surface area contributed by atoms with Gasteiger partial charge < -0.3 is 5.73 Å². The molecule has 1 atom stereocenters. The number of likely N-dealkylation sites (N-methyl/N-ethyl adjacent to an activating group) is 1. The van der Waals surface area contributed by atoms with E-state index in [1.54, 1.807) is 0 Å². The fourth-order valence-corrected chi connectivity index (χ4v) is 1.45. The average Bonchev–Trinajstić information content (AvgIpc) is 2.34. The maximum atomic E-state index is 11.1. The summed E-state index contributed by atoms with van der Waals surface area (Å²) in [6.07, 6.45) is 2.12. The third-order valence-corrected chi connectivity index (χ3v) is 2.09. The maximum absolute atomic E-state index is 11.1. The van der Waals surface area contributed by atoms with Crippen LogP contribution in [0.4, 0.5) is 0 Å². The van der Waals surface area contributed by atoms with Crippen LogP contribution in [0.15, 0.2) is 0 Å². The summed E-state index contributed by atoms with van der Waals surface area (Å²) in [5.41, 5.74) is 5.24. The molecule has 0 bridgehead atoms. The second kappa shape index (κ2) is 3.12. The summed E-state index contributed by atoms with van der Waals surface area (Å²) in [7, 11) is 1.98. The van der Waals surface area contributed by atoms with Crippen molar-refractivity contribution in [2.45, 2.75) is 18.9 Å². The third kappa shape index (κ3) is 1.36. The summed E-state index contributed by atoms with van der Waals surface area (Å²) >= 11 is 0. The van der Waals surface area contributed by atoms with Crippen molar-refractivity contribution in [2.75, 3.05) is 20.1 Å². The Bertz CT molecular complexity index is 136. The number of nitrogens with zero attached hydrogens (tertiary/aromatic N) is 1. The lowest BCUT2D eigenvalue weighted by Gasteiger charge is -2.16. The summed E-state index contributed by atoms with van der Waals surface area (Å²) in [4.78, 5) is 13.1. The van der Waals surface area contributed by atoms with Gasteiger partial charge in [0.1, 0.15) is 0 Å². The van der Waals surface area contributed by atoms with Gasteiger partial charge in [0.2, 0.25) is 0 Å². The molecule has 1 rings (SSSR count). The molecule has 0 radical (unpaired) electrons. The van der Waals surface area contributed by atoms with E-state index in [9.17, 15) is 4.79 Å². The van der Waals surface area contributed by atoms with Crippen molar-refractivity contribution in [1.82, 2.24) is 4.90 Å². The number of Topliss-reactive ketones (excluding diaryl/α,β-unsaturated/α-hetero) is 1. The van der Waals surface area contributed by atoms with Crippen molar-refractivity contribution in [3.63, 3.8) is 0 Å². The minimum atomic E-state index is 0.116. The molecular formula is C7H14N2O. The van der Waals surface area contributed by atoms with E-state index in [0.29, 0.717) is 0 Å². The molecule has 3 heteroatoms. The highest BCUT2D eigenvalue weighted by atomic mass is 16.1. The molecular weight excluding hydrogens is 128 g/mol. The Kier molecular flexibility index (Phi) is 2.40. The van der Waals surface area contributed by atoms with Gasteiger partial charge in [0.15, 0.2) is 5.78 Å². The fraction of sp³-hybridized carbons (Fsp3) is 0.857. The third-order valence-electron chi connectivity index (χ3n) is 2.09. The molecule has 58 valence electrons. The minimum absolute atomic E-state index is 0.116. The van der Waals surface area contributed by atoms with Crippen LogP contribution in [0.1, 0.15) is 12.8 Å². The van der Waals surface area contributed by atoms with Crippen molar-refractivity contribution in [3.05, 3.63) is 0 Å². The number of nitrogens with two attached hydrogens (primary N) is 1. The van der Waals surface area contributed by atoms with E-state index in [4.69, 9.17) is 5.73 Å². The minimum Gasteiger partial charge on any atom is -0.324 e. The standard InChI is InChI=1S/C7H14N2O/c1-9-4-2-3-6(9)7(10)5-8/h6H,2-5,8H2,1H3. The van der Waals surface area contributed by atoms with Gasteiger partial charge in [-0.3, -0.25) is 9.69 Å². The number of hydrogen-bond acceptors (Lipinski definition) is 3. The van der Waals surface area contributed by atoms with Gasteiger partial charge in [0.25, 0.3) is 0 Å². The lowest BCUT2D eigenvalue weighted by atomic mass is 10.1. The van der Waals surface area contributed by atoms with Gasteiger partial charge in [-0.15, -0.1) is 0 Å². The van der Waals surface area contributed by atoms with E-state index in [-0.39, 0.29) is 18.4 Å². The summed E-state index contributed by atoms with van der Waals surface area (Å²) in [6, 6.07) is 0.116. The summed E-state index contributed by atoms with van der Waals surface area (Å²) in [5.74, 6) is 0.181. The van der Waals surface area contributed by atoms with Gasteiger partial charge in [-0.2, -0.15) is 0 Å². The second-order valence-corrected chi connectivity index (χ2v) is 2.81. The van der Waals surface area contributed by atoms with Gasteiger partial charge in [-0.1, -0.05) is 0 Å². The summed E-state index contributed by atoms with van der Waals surface area (Å²) in [5, 5.41) is 0. The topological polar surface area (TPSA) is 46.3 Å². The zero-order chi connectivity index (χ0) is 7.56. The summed E-state index contributed by atoms with van der Waals surface area (Å²) < 4.78 is 0. The Morgan fingerprint density at radius 1 is 1.80 bits per heavy atom. The normalized spacial score (nSPS) is 27.2. The fourth-order valence-electron chi connectivity index (χ4n) is 1.45. The number of carbonyl (C=O) groups excluding carboxylic acids is 1. The van der Waals surface area contributed by atoms with Gasteiger partial charge in [-0.25, -0.2) is 0 Å². The predicted molar refractivity (Wildman–Crippen MR) is 39.7 cm³/mol. The Labute approximate surface area is 61.2 Å². The Morgan fingerprint density at radius 2 is 2.50 bits per heavy atom. The number of likely N-dealkylation sites (tertiary alicyclic amines) is 1. The molecule has 0 saturated carbocycles. The Hall–Kier alpha value is -0.410. The van der Waals surface area contributed by atoms with Crippen LogP contribution in [0.5, 0.6) is 0 Å². The van der Waals surface area contributed by atoms with Crippen LogP contribution in [0.2, 0.25) is 0 Å². The number of carbonyl (C=O) groups is 1. The van der Waals surface area contributed by atoms with E-state index in [1.807, 2.05) is 7.05 Å². The van der Waals surface area contributed by atoms with Crippen LogP contribution in [-0.4, -0.2) is 36.9 Å². The molecule has 0 spiro atoms. The molecule has 1 aliphatic heterocycles. The summed E-state index contributed by atoms with van der Waals surface area (Å²) in [6.45, 7) is 1.23. The average molecular weight is 142 g/mol. The molecule has 2 N–H and O–H groups in total. The van der Waals surface area contributed by atoms with E-state index in [2.05, 4.69) is 4.90 Å². The highest BCUT2D eigenvalue weighted by Crippen LogP contribution is 2.14. The van der Waals surface area contributed by atoms with E-state index >= 15 is 0 Å². The van der Waals surface area contributed by atoms with Gasteiger partial charge in [0, 0.05) is 0 Å². The highest BCUT2D eigenvalue weighted by Gasteiger charge is 2.25. The van der Waals surface area contributed by atoms with E-state index in [0.717, 1.165) is 19.4 Å². The smallest absolute Gasteiger partial charge is 0.163 e. The van der Waals surface area contributed by atoms with E-state index < -0.39 is 0 Å². The first-order valence-electron chi connectivity index (χ1n) is 3.68. The van der Waals surface area contributed by atoms with Crippen molar-refractivity contribution < 1.29 is 4.79 Å². The molecule has 10 heavy (non-hydrogen) atoms. The molecule has 0 aromatic carbocycles. The highest BCUT2D eigenvalue weighted by molar-refractivity contribution is 5.85. The largest absolute Gasteiger partial charge is 0.324 e. The van der Waals surface area contributed by atoms with Gasteiger partial charge in [-0.05, 0) is 26.4 Å². The first kappa shape index (κ1) is 7.69. The molecule has 1 saturated heterocycles. The molecule has 1 unspecified atom stereocenters. The van der Waals surface area contributed by atoms with Gasteiger partial charge in [0.05, 0.1) is 12.6 Å². The van der Waals surface area contributed by atoms with E-state index in [1.165, 1.54) is 0 Å². The van der Waals surface area contributed by atoms with Crippen LogP contribution in [0.25, 0.3) is 0 Å². The van der Waals surface area contributed by atoms with Crippen molar-refractivity contribution in [2.24, 2.45) is 5.73 Å². The zero-order valence-electron chi connectivity index (χ0n) is 6.34. The number of rotatable bonds is 2. The maximum Gasteiger partial charge on any atom is 0.163 e. The Balaban J connectivity index is 2.46. The first-order valence-corrected chi connectivity index (χ1v) is 3.68. The molecule has 0 aromatic rings. The van der Waals surface area contributed by atoms with Crippen molar-refractivity contribution in [3.8, 4) is 0 Å². The molecule has 1 aliphatic rings.